The second kappa shape index (κ2) is 12.7. The van der Waals surface area contributed by atoms with Crippen LogP contribution in [0.25, 0.3) is 82.0 Å². The highest BCUT2D eigenvalue weighted by atomic mass is 16.5. The van der Waals surface area contributed by atoms with Gasteiger partial charge < -0.3 is 18.6 Å². The standard InChI is InChI=1S/C58H45BN2O2/c1-32-26-33(2)51(34(3)27-32)37-28-48-55-49(29-37)63-50-31-46(61-44-23-20-35-14-8-10-16-39(35)52(44)53-40-17-11-9-15-36(40)21-24-45(53)61)54-41-18-12-13-19-43(41)60(7)57(54)56(50)59(55)42-30-38(58(4,5)6)22-25-47(42)62-48/h8-31H,1-7H3. The molecule has 0 saturated carbocycles. The number of ether oxygens (including phenoxy) is 2. The monoisotopic (exact) mass is 812 g/mol. The van der Waals surface area contributed by atoms with Crippen molar-refractivity contribution < 1.29 is 9.47 Å². The predicted octanol–water partition coefficient (Wildman–Crippen LogP) is 13.4. The summed E-state index contributed by atoms with van der Waals surface area (Å²) in [5, 5.41) is 9.93. The van der Waals surface area contributed by atoms with Crippen molar-refractivity contribution in [2.24, 2.45) is 7.05 Å². The highest BCUT2D eigenvalue weighted by molar-refractivity contribution is 6.99. The molecule has 0 radical (unpaired) electrons. The summed E-state index contributed by atoms with van der Waals surface area (Å²) in [6.07, 6.45) is 0. The van der Waals surface area contributed by atoms with Crippen molar-refractivity contribution in [3.63, 3.8) is 0 Å². The second-order valence-corrected chi connectivity index (χ2v) is 19.1. The number of nitrogens with zero attached hydrogens (tertiary/aromatic N) is 2. The summed E-state index contributed by atoms with van der Waals surface area (Å²) >= 11 is 0. The molecule has 0 atom stereocenters. The molecule has 0 fully saturated rings. The van der Waals surface area contributed by atoms with Gasteiger partial charge in [-0.3, -0.25) is 0 Å². The molecule has 4 heterocycles. The average molecular weight is 813 g/mol. The molecule has 2 aliphatic rings. The molecule has 11 aromatic rings. The molecule has 2 aliphatic heterocycles. The summed E-state index contributed by atoms with van der Waals surface area (Å²) in [6, 6.07) is 54.0. The van der Waals surface area contributed by atoms with Crippen molar-refractivity contribution in [2.45, 2.75) is 47.0 Å². The molecule has 0 N–H and O–H groups in total. The van der Waals surface area contributed by atoms with Gasteiger partial charge in [0.1, 0.15) is 23.0 Å². The van der Waals surface area contributed by atoms with Gasteiger partial charge in [-0.1, -0.05) is 129 Å². The van der Waals surface area contributed by atoms with Crippen molar-refractivity contribution in [1.82, 2.24) is 9.13 Å². The minimum Gasteiger partial charge on any atom is -0.458 e. The Bertz CT molecular complexity index is 3730. The van der Waals surface area contributed by atoms with Crippen LogP contribution in [0, 0.1) is 20.8 Å². The zero-order valence-electron chi connectivity index (χ0n) is 36.6. The molecule has 302 valence electrons. The Morgan fingerprint density at radius 3 is 1.71 bits per heavy atom. The quantitative estimate of drug-likeness (QED) is 0.163. The largest absolute Gasteiger partial charge is 0.458 e. The summed E-state index contributed by atoms with van der Waals surface area (Å²) < 4.78 is 19.4. The molecule has 0 amide bonds. The van der Waals surface area contributed by atoms with Crippen LogP contribution in [0.4, 0.5) is 0 Å². The number of para-hydroxylation sites is 1. The topological polar surface area (TPSA) is 28.3 Å². The van der Waals surface area contributed by atoms with E-state index in [-0.39, 0.29) is 12.1 Å². The van der Waals surface area contributed by atoms with Crippen LogP contribution in [0.3, 0.4) is 0 Å². The van der Waals surface area contributed by atoms with Crippen LogP contribution in [0.2, 0.25) is 0 Å². The Morgan fingerprint density at radius 2 is 1.08 bits per heavy atom. The molecule has 0 saturated heterocycles. The van der Waals surface area contributed by atoms with Gasteiger partial charge in [0.2, 0.25) is 0 Å². The molecule has 0 bridgehead atoms. The van der Waals surface area contributed by atoms with E-state index in [4.69, 9.17) is 9.47 Å². The maximum absolute atomic E-state index is 7.46. The number of aromatic nitrogens is 2. The first kappa shape index (κ1) is 36.4. The van der Waals surface area contributed by atoms with E-state index >= 15 is 0 Å². The Balaban J connectivity index is 1.19. The molecular formula is C58H45BN2O2. The van der Waals surface area contributed by atoms with E-state index < -0.39 is 0 Å². The molecule has 63 heavy (non-hydrogen) atoms. The van der Waals surface area contributed by atoms with E-state index in [0.717, 1.165) is 39.7 Å². The van der Waals surface area contributed by atoms with Crippen molar-refractivity contribution in [3.05, 3.63) is 168 Å². The second-order valence-electron chi connectivity index (χ2n) is 19.1. The van der Waals surface area contributed by atoms with Gasteiger partial charge in [0.25, 0.3) is 6.71 Å². The average Bonchev–Trinajstić information content (AvgIpc) is 3.77. The highest BCUT2D eigenvalue weighted by Gasteiger charge is 2.44. The first-order valence-corrected chi connectivity index (χ1v) is 22.2. The number of benzene rings is 9. The van der Waals surface area contributed by atoms with Crippen LogP contribution in [-0.2, 0) is 12.5 Å². The summed E-state index contributed by atoms with van der Waals surface area (Å²) in [5.74, 6) is 3.46. The number of hydrogen-bond donors (Lipinski definition) is 0. The Hall–Kier alpha value is -7.24. The summed E-state index contributed by atoms with van der Waals surface area (Å²) in [4.78, 5) is 0. The third-order valence-corrected chi connectivity index (χ3v) is 14.2. The van der Waals surface area contributed by atoms with Gasteiger partial charge in [0.05, 0.1) is 16.7 Å². The molecule has 4 nitrogen and oxygen atoms in total. The molecule has 0 aliphatic carbocycles. The van der Waals surface area contributed by atoms with Crippen molar-refractivity contribution >= 4 is 88.3 Å². The zero-order valence-corrected chi connectivity index (χ0v) is 36.6. The maximum atomic E-state index is 7.46. The van der Waals surface area contributed by atoms with Crippen molar-refractivity contribution in [1.29, 1.82) is 0 Å². The van der Waals surface area contributed by atoms with Crippen molar-refractivity contribution in [3.8, 4) is 39.8 Å². The van der Waals surface area contributed by atoms with E-state index in [2.05, 4.69) is 203 Å². The normalized spacial score (nSPS) is 13.2. The molecule has 13 rings (SSSR count). The smallest absolute Gasteiger partial charge is 0.263 e. The van der Waals surface area contributed by atoms with Gasteiger partial charge in [-0.2, -0.15) is 0 Å². The minimum atomic E-state index is -0.135. The van der Waals surface area contributed by atoms with Crippen molar-refractivity contribution in [2.75, 3.05) is 0 Å². The Kier molecular flexibility index (Phi) is 7.33. The van der Waals surface area contributed by atoms with Crippen LogP contribution in [0.15, 0.2) is 146 Å². The highest BCUT2D eigenvalue weighted by Crippen LogP contribution is 2.47. The van der Waals surface area contributed by atoms with E-state index in [1.807, 2.05) is 0 Å². The summed E-state index contributed by atoms with van der Waals surface area (Å²) in [5.41, 5.74) is 16.5. The van der Waals surface area contributed by atoms with Crippen LogP contribution in [-0.4, -0.2) is 15.8 Å². The fourth-order valence-electron chi connectivity index (χ4n) is 11.6. The maximum Gasteiger partial charge on any atom is 0.263 e. The fourth-order valence-corrected chi connectivity index (χ4v) is 11.6. The van der Waals surface area contributed by atoms with Gasteiger partial charge in [-0.25, -0.2) is 0 Å². The van der Waals surface area contributed by atoms with E-state index in [1.165, 1.54) is 104 Å². The predicted molar refractivity (Wildman–Crippen MR) is 266 cm³/mol. The fraction of sp³-hybridized carbons (Fsp3) is 0.138. The zero-order chi connectivity index (χ0) is 42.6. The van der Waals surface area contributed by atoms with Gasteiger partial charge in [-0.15, -0.1) is 0 Å². The van der Waals surface area contributed by atoms with Crippen LogP contribution < -0.4 is 25.9 Å². The number of aryl methyl sites for hydroxylation is 4. The molecule has 5 heteroatoms. The molecule has 0 spiro atoms. The lowest BCUT2D eigenvalue weighted by molar-refractivity contribution is 0.464. The van der Waals surface area contributed by atoms with Gasteiger partial charge in [0.15, 0.2) is 0 Å². The van der Waals surface area contributed by atoms with E-state index in [9.17, 15) is 0 Å². The third kappa shape index (κ3) is 4.99. The number of rotatable bonds is 2. The SMILES string of the molecule is Cc1cc(C)c(-c2cc3c4c(c2)Oc2cc(-n5c6ccc7ccccc7c6c6c7ccccc7ccc65)c5c6ccccc6n(C)c5c2B4c2cc(C(C)(C)C)ccc2O3)c(C)c1. The number of hydrogen-bond acceptors (Lipinski definition) is 2. The first-order valence-electron chi connectivity index (χ1n) is 22.2. The van der Waals surface area contributed by atoms with Gasteiger partial charge in [0, 0.05) is 51.2 Å². The van der Waals surface area contributed by atoms with E-state index in [1.54, 1.807) is 0 Å². The third-order valence-electron chi connectivity index (χ3n) is 14.2. The Labute approximate surface area is 367 Å². The minimum absolute atomic E-state index is 0.0554. The lowest BCUT2D eigenvalue weighted by Gasteiger charge is -2.35. The van der Waals surface area contributed by atoms with Gasteiger partial charge in [-0.05, 0) is 123 Å². The Morgan fingerprint density at radius 1 is 0.508 bits per heavy atom. The number of fused-ring (bicyclic) bond motifs is 15. The lowest BCUT2D eigenvalue weighted by atomic mass is 9.34. The lowest BCUT2D eigenvalue weighted by Crippen LogP contribution is -2.58. The molecular weight excluding hydrogens is 767 g/mol. The first-order chi connectivity index (χ1) is 30.5. The molecule has 2 aromatic heterocycles. The summed E-state index contributed by atoms with van der Waals surface area (Å²) in [6.45, 7) is 13.3. The summed E-state index contributed by atoms with van der Waals surface area (Å²) in [7, 11) is 2.23. The van der Waals surface area contributed by atoms with Gasteiger partial charge >= 0.3 is 0 Å². The van der Waals surface area contributed by atoms with Crippen LogP contribution in [0.1, 0.15) is 43.0 Å². The van der Waals surface area contributed by atoms with E-state index in [0.29, 0.717) is 0 Å². The van der Waals surface area contributed by atoms with Crippen LogP contribution >= 0.6 is 0 Å². The van der Waals surface area contributed by atoms with Crippen LogP contribution in [0.5, 0.6) is 23.0 Å². The molecule has 0 unspecified atom stereocenters. The molecule has 9 aromatic carbocycles.